The predicted molar refractivity (Wildman–Crippen MR) is 135 cm³/mol. The number of terminal acetylenes is 1. The number of benzene rings is 2. The second-order valence-electron chi connectivity index (χ2n) is 9.09. The number of aromatic hydroxyl groups is 1. The molecule has 0 saturated carbocycles. The number of halogens is 3. The molecule has 0 aliphatic carbocycles. The minimum Gasteiger partial charge on any atom is -0.508 e. The molecule has 2 atom stereocenters. The average molecular weight is 508 g/mol. The molecule has 4 aromatic rings. The SMILES string of the molecule is C#Cc1c(F)ccc2cc(O)cc(-c3ncc4c(N)nc(OC[C@@H]5CCCNC[C@H](F)C5)nc4c3F)c12. The number of rotatable bonds is 4. The molecule has 0 bridgehead atoms. The third-order valence-corrected chi connectivity index (χ3v) is 6.51. The van der Waals surface area contributed by atoms with E-state index in [-0.39, 0.29) is 63.2 Å². The Kier molecular flexibility index (Phi) is 6.72. The van der Waals surface area contributed by atoms with E-state index in [1.165, 1.54) is 30.5 Å². The van der Waals surface area contributed by atoms with Crippen LogP contribution < -0.4 is 15.8 Å². The maximum absolute atomic E-state index is 15.9. The first-order valence-electron chi connectivity index (χ1n) is 11.9. The zero-order chi connectivity index (χ0) is 26.1. The maximum Gasteiger partial charge on any atom is 0.319 e. The lowest BCUT2D eigenvalue weighted by atomic mass is 9.96. The molecule has 0 spiro atoms. The quantitative estimate of drug-likeness (QED) is 0.349. The molecule has 3 heterocycles. The lowest BCUT2D eigenvalue weighted by Crippen LogP contribution is -2.31. The van der Waals surface area contributed by atoms with Crippen LogP contribution in [0.4, 0.5) is 19.0 Å². The largest absolute Gasteiger partial charge is 0.508 e. The van der Waals surface area contributed by atoms with Crippen molar-refractivity contribution in [2.24, 2.45) is 5.92 Å². The first-order valence-corrected chi connectivity index (χ1v) is 11.9. The molecule has 1 saturated heterocycles. The van der Waals surface area contributed by atoms with Gasteiger partial charge in [0, 0.05) is 23.7 Å². The first-order chi connectivity index (χ1) is 17.9. The lowest BCUT2D eigenvalue weighted by Gasteiger charge is -2.22. The third kappa shape index (κ3) is 4.82. The van der Waals surface area contributed by atoms with E-state index < -0.39 is 17.8 Å². The summed E-state index contributed by atoms with van der Waals surface area (Å²) in [6, 6.07) is 5.14. The van der Waals surface area contributed by atoms with E-state index in [4.69, 9.17) is 16.9 Å². The van der Waals surface area contributed by atoms with E-state index in [0.29, 0.717) is 18.4 Å². The summed E-state index contributed by atoms with van der Waals surface area (Å²) in [6.45, 7) is 1.19. The Morgan fingerprint density at radius 1 is 1.24 bits per heavy atom. The summed E-state index contributed by atoms with van der Waals surface area (Å²) in [4.78, 5) is 12.5. The number of phenols is 1. The van der Waals surface area contributed by atoms with Gasteiger partial charge in [0.15, 0.2) is 5.82 Å². The second kappa shape index (κ2) is 10.1. The fraction of sp³-hybridized carbons (Fsp3) is 0.296. The van der Waals surface area contributed by atoms with Gasteiger partial charge in [0.25, 0.3) is 0 Å². The molecule has 4 N–H and O–H groups in total. The number of aromatic nitrogens is 3. The third-order valence-electron chi connectivity index (χ3n) is 6.51. The van der Waals surface area contributed by atoms with Crippen LogP contribution in [0.2, 0.25) is 0 Å². The maximum atomic E-state index is 15.9. The topological polar surface area (TPSA) is 106 Å². The Hall–Kier alpha value is -4.10. The number of pyridine rings is 1. The van der Waals surface area contributed by atoms with Gasteiger partial charge in [-0.05, 0) is 55.3 Å². The fourth-order valence-electron chi connectivity index (χ4n) is 4.74. The highest BCUT2D eigenvalue weighted by atomic mass is 19.1. The van der Waals surface area contributed by atoms with Gasteiger partial charge in [0.05, 0.1) is 17.6 Å². The fourth-order valence-corrected chi connectivity index (χ4v) is 4.74. The van der Waals surface area contributed by atoms with E-state index in [1.807, 2.05) is 0 Å². The van der Waals surface area contributed by atoms with Gasteiger partial charge in [-0.3, -0.25) is 4.98 Å². The van der Waals surface area contributed by atoms with Gasteiger partial charge >= 0.3 is 6.01 Å². The minimum atomic E-state index is -0.989. The normalized spacial score (nSPS) is 18.3. The van der Waals surface area contributed by atoms with Gasteiger partial charge in [0.1, 0.15) is 34.8 Å². The van der Waals surface area contributed by atoms with Crippen LogP contribution in [0.5, 0.6) is 11.8 Å². The number of ether oxygens (including phenoxy) is 1. The monoisotopic (exact) mass is 507 g/mol. The van der Waals surface area contributed by atoms with Crippen molar-refractivity contribution in [1.29, 1.82) is 0 Å². The molecule has 0 radical (unpaired) electrons. The highest BCUT2D eigenvalue weighted by Gasteiger charge is 2.22. The van der Waals surface area contributed by atoms with Gasteiger partial charge in [-0.2, -0.15) is 9.97 Å². The molecule has 0 unspecified atom stereocenters. The molecule has 1 aliphatic heterocycles. The summed E-state index contributed by atoms with van der Waals surface area (Å²) in [7, 11) is 0. The Labute approximate surface area is 210 Å². The Morgan fingerprint density at radius 2 is 2.08 bits per heavy atom. The Morgan fingerprint density at radius 3 is 2.89 bits per heavy atom. The number of phenolic OH excluding ortho intramolecular Hbond substituents is 1. The standard InChI is InChI=1S/C27H24F3N5O2/c1-2-18-21(29)6-5-15-9-17(36)10-19(22(15)18)24-23(30)25-20(12-33-24)26(31)35-27(34-25)37-13-14-4-3-7-32-11-16(28)8-14/h1,5-6,9-10,12,14,16,32,36H,3-4,7-8,11,13H2,(H2,31,34,35)/t14-,16-/m1/s1. The summed E-state index contributed by atoms with van der Waals surface area (Å²) in [5, 5.41) is 14.1. The first kappa shape index (κ1) is 24.6. The van der Waals surface area contributed by atoms with Gasteiger partial charge in [0.2, 0.25) is 0 Å². The number of fused-ring (bicyclic) bond motifs is 2. The van der Waals surface area contributed by atoms with Gasteiger partial charge in [-0.15, -0.1) is 6.42 Å². The van der Waals surface area contributed by atoms with Crippen molar-refractivity contribution in [1.82, 2.24) is 20.3 Å². The number of hydrogen-bond donors (Lipinski definition) is 3. The van der Waals surface area contributed by atoms with Gasteiger partial charge < -0.3 is 20.9 Å². The molecular weight excluding hydrogens is 483 g/mol. The highest BCUT2D eigenvalue weighted by molar-refractivity contribution is 6.02. The number of anilines is 1. The van der Waals surface area contributed by atoms with Crippen molar-refractivity contribution >= 4 is 27.5 Å². The average Bonchev–Trinajstić information content (AvgIpc) is 2.86. The summed E-state index contributed by atoms with van der Waals surface area (Å²) in [5.74, 6) is 0.505. The number of nitrogens with one attached hydrogen (secondary N) is 1. The molecule has 2 aromatic carbocycles. The van der Waals surface area contributed by atoms with Crippen LogP contribution in [-0.4, -0.2) is 45.9 Å². The van der Waals surface area contributed by atoms with Crippen molar-refractivity contribution in [3.05, 3.63) is 47.7 Å². The summed E-state index contributed by atoms with van der Waals surface area (Å²) >= 11 is 0. The number of hydrogen-bond acceptors (Lipinski definition) is 7. The number of nitrogens with two attached hydrogens (primary N) is 1. The lowest BCUT2D eigenvalue weighted by molar-refractivity contribution is 0.166. The minimum absolute atomic E-state index is 0.0423. The van der Waals surface area contributed by atoms with Crippen LogP contribution in [0.3, 0.4) is 0 Å². The molecular formula is C27H24F3N5O2. The van der Waals surface area contributed by atoms with Gasteiger partial charge in [-0.25, -0.2) is 13.2 Å². The van der Waals surface area contributed by atoms with Crippen LogP contribution >= 0.6 is 0 Å². The number of nitrogen functional groups attached to an aromatic ring is 1. The molecule has 37 heavy (non-hydrogen) atoms. The van der Waals surface area contributed by atoms with E-state index in [2.05, 4.69) is 26.2 Å². The molecule has 1 aliphatic rings. The molecule has 10 heteroatoms. The van der Waals surface area contributed by atoms with Crippen LogP contribution in [0, 0.1) is 29.9 Å². The summed E-state index contributed by atoms with van der Waals surface area (Å²) in [6.07, 6.45) is 7.82. The van der Waals surface area contributed by atoms with Crippen LogP contribution in [-0.2, 0) is 0 Å². The van der Waals surface area contributed by atoms with Crippen molar-refractivity contribution in [3.63, 3.8) is 0 Å². The van der Waals surface area contributed by atoms with Gasteiger partial charge in [-0.1, -0.05) is 12.0 Å². The van der Waals surface area contributed by atoms with Crippen molar-refractivity contribution in [3.8, 4) is 35.4 Å². The van der Waals surface area contributed by atoms with E-state index in [0.717, 1.165) is 19.4 Å². The molecule has 0 amide bonds. The molecule has 2 aromatic heterocycles. The zero-order valence-electron chi connectivity index (χ0n) is 19.8. The highest BCUT2D eigenvalue weighted by Crippen LogP contribution is 2.38. The van der Waals surface area contributed by atoms with Crippen LogP contribution in [0.15, 0.2) is 30.5 Å². The number of nitrogens with zero attached hydrogens (tertiary/aromatic N) is 3. The van der Waals surface area contributed by atoms with Crippen molar-refractivity contribution in [2.75, 3.05) is 25.4 Å². The van der Waals surface area contributed by atoms with Crippen LogP contribution in [0.25, 0.3) is 32.9 Å². The summed E-state index contributed by atoms with van der Waals surface area (Å²) in [5.41, 5.74) is 5.70. The van der Waals surface area contributed by atoms with Crippen LogP contribution in [0.1, 0.15) is 24.8 Å². The van der Waals surface area contributed by atoms with Crippen molar-refractivity contribution in [2.45, 2.75) is 25.4 Å². The molecule has 1 fully saturated rings. The predicted octanol–water partition coefficient (Wildman–Crippen LogP) is 4.50. The second-order valence-corrected chi connectivity index (χ2v) is 9.09. The molecule has 5 rings (SSSR count). The van der Waals surface area contributed by atoms with E-state index >= 15 is 4.39 Å². The smallest absolute Gasteiger partial charge is 0.319 e. The summed E-state index contributed by atoms with van der Waals surface area (Å²) < 4.78 is 50.2. The number of alkyl halides is 1. The van der Waals surface area contributed by atoms with Crippen molar-refractivity contribution < 1.29 is 23.0 Å². The molecule has 190 valence electrons. The molecule has 7 nitrogen and oxygen atoms in total. The Bertz CT molecular complexity index is 1540. The Balaban J connectivity index is 1.56. The van der Waals surface area contributed by atoms with E-state index in [1.54, 1.807) is 0 Å². The van der Waals surface area contributed by atoms with E-state index in [9.17, 15) is 13.9 Å². The zero-order valence-corrected chi connectivity index (χ0v) is 19.8.